The van der Waals surface area contributed by atoms with Gasteiger partial charge in [0, 0.05) is 51.1 Å². The number of carbonyl (C=O) groups excluding carboxylic acids is 2. The van der Waals surface area contributed by atoms with Crippen LogP contribution in [0.1, 0.15) is 27.7 Å². The molecule has 0 amide bonds. The summed E-state index contributed by atoms with van der Waals surface area (Å²) >= 11 is 11.7. The van der Waals surface area contributed by atoms with Gasteiger partial charge in [-0.25, -0.2) is 0 Å². The van der Waals surface area contributed by atoms with Crippen LogP contribution in [-0.4, -0.2) is 79.0 Å². The molecule has 2 heterocycles. The summed E-state index contributed by atoms with van der Waals surface area (Å²) in [5, 5.41) is 0.947. The molecular weight excluding hydrogens is 617 g/mol. The number of hydrogen-bond acceptors (Lipinski definition) is 10. The number of rotatable bonds is 18. The number of benzene rings is 1. The molecule has 222 valence electrons. The largest absolute Gasteiger partial charge is 0.493 e. The molecule has 2 aliphatic heterocycles. The Morgan fingerprint density at radius 1 is 0.800 bits per heavy atom. The molecule has 2 fully saturated rings. The van der Waals surface area contributed by atoms with E-state index < -0.39 is 0 Å². The maximum Gasteiger partial charge on any atom is 0.165 e. The van der Waals surface area contributed by atoms with Crippen molar-refractivity contribution < 1.29 is 19.1 Å². The van der Waals surface area contributed by atoms with Crippen molar-refractivity contribution >= 4 is 82.1 Å². The summed E-state index contributed by atoms with van der Waals surface area (Å²) in [6.07, 6.45) is 0. The minimum absolute atomic E-state index is 0.0566. The van der Waals surface area contributed by atoms with Crippen molar-refractivity contribution in [3.8, 4) is 11.5 Å². The third-order valence-electron chi connectivity index (χ3n) is 6.47. The SMILES string of the molecule is C=C(C)C(=O)C(COc1cccc(OCC(CSC(C)C2SCCS2)C(=O)C(=C)C)c1)CSC(C)C1SCCS1. The number of ether oxygens (including phenoxy) is 2. The normalized spacial score (nSPS) is 19.1. The zero-order chi connectivity index (χ0) is 29.1. The Kier molecular flexibility index (Phi) is 15.2. The molecule has 0 saturated carbocycles. The molecule has 4 unspecified atom stereocenters. The number of Topliss-reactive ketones (excluding diaryl/α,β-unsaturated/α-hetero) is 2. The summed E-state index contributed by atoms with van der Waals surface area (Å²) in [7, 11) is 0. The highest BCUT2D eigenvalue weighted by Crippen LogP contribution is 2.40. The molecule has 4 nitrogen and oxygen atoms in total. The van der Waals surface area contributed by atoms with Crippen molar-refractivity contribution in [2.24, 2.45) is 11.8 Å². The standard InChI is InChI=1S/C30H42O4S6/c1-19(2)27(31)23(17-39-21(5)29-35-10-11-36-29)15-33-25-8-7-9-26(14-25)34-16-24(28(32)20(3)4)18-40-22(6)30-37-12-13-38-30/h7-9,14,21-24,29-30H,1,3,10-13,15-18H2,2,4-6H3. The van der Waals surface area contributed by atoms with E-state index in [4.69, 9.17) is 9.47 Å². The smallest absolute Gasteiger partial charge is 0.165 e. The van der Waals surface area contributed by atoms with E-state index in [-0.39, 0.29) is 23.4 Å². The van der Waals surface area contributed by atoms with Crippen molar-refractivity contribution in [1.82, 2.24) is 0 Å². The fraction of sp³-hybridized carbons (Fsp3) is 0.600. The summed E-state index contributed by atoms with van der Waals surface area (Å²) in [5.41, 5.74) is 1.13. The molecule has 1 aromatic carbocycles. The third kappa shape index (κ3) is 11.1. The second-order valence-electron chi connectivity index (χ2n) is 10.1. The lowest BCUT2D eigenvalue weighted by Crippen LogP contribution is -2.27. The number of hydrogen-bond donors (Lipinski definition) is 0. The van der Waals surface area contributed by atoms with Gasteiger partial charge in [0.25, 0.3) is 0 Å². The van der Waals surface area contributed by atoms with E-state index in [0.29, 0.717) is 67.0 Å². The summed E-state index contributed by atoms with van der Waals surface area (Å²) in [6, 6.07) is 7.48. The molecule has 0 N–H and O–H groups in total. The topological polar surface area (TPSA) is 52.6 Å². The van der Waals surface area contributed by atoms with E-state index in [2.05, 4.69) is 27.0 Å². The second kappa shape index (κ2) is 17.8. The molecule has 2 saturated heterocycles. The van der Waals surface area contributed by atoms with Gasteiger partial charge in [0.15, 0.2) is 11.6 Å². The Morgan fingerprint density at radius 3 is 1.52 bits per heavy atom. The first-order chi connectivity index (χ1) is 19.2. The van der Waals surface area contributed by atoms with Gasteiger partial charge in [-0.2, -0.15) is 23.5 Å². The van der Waals surface area contributed by atoms with Crippen LogP contribution in [0.15, 0.2) is 48.6 Å². The highest BCUT2D eigenvalue weighted by atomic mass is 32.2. The first-order valence-electron chi connectivity index (χ1n) is 13.6. The fourth-order valence-corrected chi connectivity index (χ4v) is 13.4. The van der Waals surface area contributed by atoms with Crippen LogP contribution in [0.3, 0.4) is 0 Å². The molecular formula is C30H42O4S6. The van der Waals surface area contributed by atoms with Gasteiger partial charge in [-0.15, -0.1) is 47.0 Å². The highest BCUT2D eigenvalue weighted by Gasteiger charge is 2.28. The van der Waals surface area contributed by atoms with Crippen LogP contribution in [0.4, 0.5) is 0 Å². The summed E-state index contributed by atoms with van der Waals surface area (Å²) in [5.74, 6) is 7.14. The molecule has 4 atom stereocenters. The monoisotopic (exact) mass is 658 g/mol. The summed E-state index contributed by atoms with van der Waals surface area (Å²) in [4.78, 5) is 25.8. The van der Waals surface area contributed by atoms with Crippen LogP contribution in [0.2, 0.25) is 0 Å². The lowest BCUT2D eigenvalue weighted by molar-refractivity contribution is -0.120. The van der Waals surface area contributed by atoms with Gasteiger partial charge in [-0.05, 0) is 37.1 Å². The van der Waals surface area contributed by atoms with Gasteiger partial charge in [-0.3, -0.25) is 9.59 Å². The number of thioether (sulfide) groups is 6. The van der Waals surface area contributed by atoms with Crippen molar-refractivity contribution in [3.05, 3.63) is 48.6 Å². The Labute approximate surface area is 266 Å². The predicted octanol–water partition coefficient (Wildman–Crippen LogP) is 7.82. The molecule has 10 heteroatoms. The molecule has 0 aromatic heterocycles. The average molecular weight is 659 g/mol. The quantitative estimate of drug-likeness (QED) is 0.146. The van der Waals surface area contributed by atoms with Gasteiger partial charge < -0.3 is 9.47 Å². The minimum atomic E-state index is -0.251. The number of allylic oxidation sites excluding steroid dienone is 2. The Hall–Kier alpha value is -0.260. The van der Waals surface area contributed by atoms with E-state index in [1.54, 1.807) is 13.8 Å². The fourth-order valence-electron chi connectivity index (χ4n) is 4.13. The lowest BCUT2D eigenvalue weighted by Gasteiger charge is -2.22. The van der Waals surface area contributed by atoms with Crippen molar-refractivity contribution in [3.63, 3.8) is 0 Å². The van der Waals surface area contributed by atoms with E-state index in [9.17, 15) is 9.59 Å². The number of ketones is 2. The van der Waals surface area contributed by atoms with Crippen LogP contribution in [0, 0.1) is 11.8 Å². The molecule has 0 aliphatic carbocycles. The van der Waals surface area contributed by atoms with Crippen molar-refractivity contribution in [2.75, 3.05) is 47.7 Å². The lowest BCUT2D eigenvalue weighted by atomic mass is 10.0. The Bertz CT molecular complexity index is 930. The average Bonchev–Trinajstić information content (AvgIpc) is 3.67. The number of carbonyl (C=O) groups is 2. The van der Waals surface area contributed by atoms with Crippen molar-refractivity contribution in [2.45, 2.75) is 47.4 Å². The molecule has 2 aliphatic rings. The van der Waals surface area contributed by atoms with E-state index >= 15 is 0 Å². The summed E-state index contributed by atoms with van der Waals surface area (Å²) < 4.78 is 13.4. The maximum atomic E-state index is 12.9. The predicted molar refractivity (Wildman–Crippen MR) is 185 cm³/mol. The molecule has 0 bridgehead atoms. The molecule has 1 aromatic rings. The Morgan fingerprint density at radius 2 is 1.18 bits per heavy atom. The van der Waals surface area contributed by atoms with Crippen molar-refractivity contribution in [1.29, 1.82) is 0 Å². The van der Waals surface area contributed by atoms with Gasteiger partial charge >= 0.3 is 0 Å². The molecule has 3 rings (SSSR count). The zero-order valence-corrected chi connectivity index (χ0v) is 28.8. The zero-order valence-electron chi connectivity index (χ0n) is 23.9. The van der Waals surface area contributed by atoms with Crippen LogP contribution < -0.4 is 9.47 Å². The van der Waals surface area contributed by atoms with Crippen LogP contribution >= 0.6 is 70.6 Å². The van der Waals surface area contributed by atoms with E-state index in [1.165, 1.54) is 23.0 Å². The minimum Gasteiger partial charge on any atom is -0.493 e. The third-order valence-corrected chi connectivity index (χ3v) is 16.8. The van der Waals surface area contributed by atoms with E-state index in [0.717, 1.165) is 0 Å². The maximum absolute atomic E-state index is 12.9. The Balaban J connectivity index is 1.55. The second-order valence-corrected chi connectivity index (χ2v) is 18.5. The van der Waals surface area contributed by atoms with Gasteiger partial charge in [-0.1, -0.05) is 33.1 Å². The molecule has 0 spiro atoms. The van der Waals surface area contributed by atoms with E-state index in [1.807, 2.05) is 94.8 Å². The highest BCUT2D eigenvalue weighted by molar-refractivity contribution is 8.21. The van der Waals surface area contributed by atoms with Gasteiger partial charge in [0.2, 0.25) is 0 Å². The van der Waals surface area contributed by atoms with Gasteiger partial charge in [0.1, 0.15) is 11.5 Å². The molecule has 0 radical (unpaired) electrons. The van der Waals surface area contributed by atoms with Crippen LogP contribution in [-0.2, 0) is 9.59 Å². The van der Waals surface area contributed by atoms with Crippen LogP contribution in [0.5, 0.6) is 11.5 Å². The van der Waals surface area contributed by atoms with Crippen LogP contribution in [0.25, 0.3) is 0 Å². The molecule has 40 heavy (non-hydrogen) atoms. The van der Waals surface area contributed by atoms with Gasteiger partial charge in [0.05, 0.1) is 34.2 Å². The first kappa shape index (κ1) is 34.2. The summed E-state index contributed by atoms with van der Waals surface area (Å²) in [6.45, 7) is 16.4. The first-order valence-corrected chi connectivity index (χ1v) is 19.9.